The zero-order valence-electron chi connectivity index (χ0n) is 10.4. The minimum atomic E-state index is 0.353. The number of nitrogens with two attached hydrogens (primary N) is 1. The third-order valence-electron chi connectivity index (χ3n) is 3.05. The fourth-order valence-corrected chi connectivity index (χ4v) is 2.90. The lowest BCUT2D eigenvalue weighted by Gasteiger charge is -2.12. The molecular formula is C14H15N3S. The summed E-state index contributed by atoms with van der Waals surface area (Å²) in [5, 5.41) is 2.83. The number of hydrogen-bond acceptors (Lipinski definition) is 3. The Kier molecular flexibility index (Phi) is 2.59. The fourth-order valence-electron chi connectivity index (χ4n) is 2.26. The largest absolute Gasteiger partial charge is 0.390 e. The first-order chi connectivity index (χ1) is 8.68. The van der Waals surface area contributed by atoms with E-state index in [0.717, 1.165) is 27.4 Å². The summed E-state index contributed by atoms with van der Waals surface area (Å²) in [6, 6.07) is 10.6. The van der Waals surface area contributed by atoms with Crippen LogP contribution in [-0.2, 0) is 0 Å². The van der Waals surface area contributed by atoms with E-state index >= 15 is 0 Å². The van der Waals surface area contributed by atoms with Gasteiger partial charge >= 0.3 is 0 Å². The Labute approximate surface area is 110 Å². The third kappa shape index (κ3) is 1.61. The van der Waals surface area contributed by atoms with E-state index in [1.807, 2.05) is 29.6 Å². The number of nitrogen functional groups attached to an aromatic ring is 1. The van der Waals surface area contributed by atoms with Crippen LogP contribution in [0.1, 0.15) is 19.9 Å². The summed E-state index contributed by atoms with van der Waals surface area (Å²) in [6.07, 6.45) is 0. The monoisotopic (exact) mass is 257 g/mol. The number of nitrogens with zero attached hydrogens (tertiary/aromatic N) is 2. The summed E-state index contributed by atoms with van der Waals surface area (Å²) in [5.74, 6) is 0.963. The fraction of sp³-hybridized carbons (Fsp3) is 0.214. The Hall–Kier alpha value is -1.81. The Morgan fingerprint density at radius 1 is 1.22 bits per heavy atom. The lowest BCUT2D eigenvalue weighted by molar-refractivity contribution is 0.624. The molecule has 0 saturated carbocycles. The van der Waals surface area contributed by atoms with Crippen molar-refractivity contribution in [2.45, 2.75) is 19.9 Å². The van der Waals surface area contributed by atoms with E-state index in [2.05, 4.69) is 24.5 Å². The van der Waals surface area contributed by atoms with Crippen LogP contribution >= 0.6 is 11.3 Å². The number of imidazole rings is 1. The van der Waals surface area contributed by atoms with Crippen LogP contribution in [0.2, 0.25) is 0 Å². The van der Waals surface area contributed by atoms with Gasteiger partial charge in [-0.1, -0.05) is 12.1 Å². The topological polar surface area (TPSA) is 43.8 Å². The smallest absolute Gasteiger partial charge is 0.144 e. The molecule has 0 aliphatic rings. The zero-order valence-corrected chi connectivity index (χ0v) is 11.2. The van der Waals surface area contributed by atoms with Gasteiger partial charge in [0.15, 0.2) is 0 Å². The normalized spacial score (nSPS) is 11.5. The van der Waals surface area contributed by atoms with E-state index in [1.165, 1.54) is 0 Å². The summed E-state index contributed by atoms with van der Waals surface area (Å²) >= 11 is 1.55. The average molecular weight is 257 g/mol. The van der Waals surface area contributed by atoms with Crippen molar-refractivity contribution in [2.75, 3.05) is 5.73 Å². The van der Waals surface area contributed by atoms with Crippen LogP contribution in [0.15, 0.2) is 35.7 Å². The van der Waals surface area contributed by atoms with Crippen LogP contribution in [0.3, 0.4) is 0 Å². The van der Waals surface area contributed by atoms with Crippen molar-refractivity contribution in [1.29, 1.82) is 0 Å². The van der Waals surface area contributed by atoms with Crippen LogP contribution in [-0.4, -0.2) is 9.55 Å². The number of para-hydroxylation sites is 2. The van der Waals surface area contributed by atoms with E-state index in [9.17, 15) is 0 Å². The van der Waals surface area contributed by atoms with Crippen LogP contribution in [0.25, 0.3) is 22.4 Å². The van der Waals surface area contributed by atoms with Gasteiger partial charge in [-0.2, -0.15) is 0 Å². The van der Waals surface area contributed by atoms with Crippen LogP contribution in [0.5, 0.6) is 0 Å². The molecule has 0 unspecified atom stereocenters. The summed E-state index contributed by atoms with van der Waals surface area (Å²) < 4.78 is 2.24. The van der Waals surface area contributed by atoms with E-state index < -0.39 is 0 Å². The van der Waals surface area contributed by atoms with Crippen LogP contribution in [0.4, 0.5) is 5.00 Å². The molecule has 0 aliphatic carbocycles. The maximum Gasteiger partial charge on any atom is 0.144 e. The molecule has 3 rings (SSSR count). The lowest BCUT2D eigenvalue weighted by atomic mass is 10.2. The Bertz CT molecular complexity index is 694. The van der Waals surface area contributed by atoms with Crippen molar-refractivity contribution < 1.29 is 0 Å². The molecule has 2 heterocycles. The van der Waals surface area contributed by atoms with Crippen molar-refractivity contribution >= 4 is 27.4 Å². The summed E-state index contributed by atoms with van der Waals surface area (Å²) in [6.45, 7) is 4.33. The van der Waals surface area contributed by atoms with Crippen molar-refractivity contribution in [3.8, 4) is 11.4 Å². The van der Waals surface area contributed by atoms with Gasteiger partial charge < -0.3 is 10.3 Å². The van der Waals surface area contributed by atoms with Crippen molar-refractivity contribution in [3.05, 3.63) is 35.7 Å². The number of benzene rings is 1. The van der Waals surface area contributed by atoms with Gasteiger partial charge in [-0.15, -0.1) is 11.3 Å². The number of fused-ring (bicyclic) bond motifs is 1. The Balaban J connectivity index is 2.35. The number of hydrogen-bond donors (Lipinski definition) is 1. The zero-order chi connectivity index (χ0) is 12.7. The van der Waals surface area contributed by atoms with Crippen molar-refractivity contribution in [2.24, 2.45) is 0 Å². The Morgan fingerprint density at radius 2 is 2.00 bits per heavy atom. The molecule has 0 fully saturated rings. The number of anilines is 1. The SMILES string of the molecule is CC(C)n1c(-c2ccsc2N)nc2ccccc21. The van der Waals surface area contributed by atoms with E-state index in [4.69, 9.17) is 10.7 Å². The molecular weight excluding hydrogens is 242 g/mol. The molecule has 0 saturated heterocycles. The van der Waals surface area contributed by atoms with E-state index in [0.29, 0.717) is 6.04 Å². The van der Waals surface area contributed by atoms with Gasteiger partial charge in [-0.25, -0.2) is 4.98 Å². The molecule has 3 nitrogen and oxygen atoms in total. The second kappa shape index (κ2) is 4.14. The molecule has 0 atom stereocenters. The highest BCUT2D eigenvalue weighted by atomic mass is 32.1. The van der Waals surface area contributed by atoms with Gasteiger partial charge in [-0.05, 0) is 37.4 Å². The molecule has 0 radical (unpaired) electrons. The van der Waals surface area contributed by atoms with E-state index in [-0.39, 0.29) is 0 Å². The maximum absolute atomic E-state index is 6.03. The molecule has 0 aliphatic heterocycles. The number of aromatic nitrogens is 2. The first kappa shape index (κ1) is 11.3. The first-order valence-electron chi connectivity index (χ1n) is 5.99. The summed E-state index contributed by atoms with van der Waals surface area (Å²) in [5.41, 5.74) is 9.24. The average Bonchev–Trinajstić information content (AvgIpc) is 2.91. The van der Waals surface area contributed by atoms with Gasteiger partial charge in [0.05, 0.1) is 21.6 Å². The second-order valence-electron chi connectivity index (χ2n) is 4.59. The molecule has 0 bridgehead atoms. The van der Waals surface area contributed by atoms with Crippen LogP contribution < -0.4 is 5.73 Å². The third-order valence-corrected chi connectivity index (χ3v) is 3.79. The summed E-state index contributed by atoms with van der Waals surface area (Å²) in [4.78, 5) is 4.73. The van der Waals surface area contributed by atoms with Gasteiger partial charge in [0.1, 0.15) is 5.82 Å². The van der Waals surface area contributed by atoms with Crippen LogP contribution in [0, 0.1) is 0 Å². The molecule has 1 aromatic carbocycles. The summed E-state index contributed by atoms with van der Waals surface area (Å²) in [7, 11) is 0. The van der Waals surface area contributed by atoms with Crippen molar-refractivity contribution in [3.63, 3.8) is 0 Å². The maximum atomic E-state index is 6.03. The highest BCUT2D eigenvalue weighted by Gasteiger charge is 2.16. The first-order valence-corrected chi connectivity index (χ1v) is 6.86. The van der Waals surface area contributed by atoms with E-state index in [1.54, 1.807) is 11.3 Å². The highest BCUT2D eigenvalue weighted by Crippen LogP contribution is 2.34. The van der Waals surface area contributed by atoms with Gasteiger partial charge in [0.25, 0.3) is 0 Å². The standard InChI is InChI=1S/C14H15N3S/c1-9(2)17-12-6-4-3-5-11(12)16-14(17)10-7-8-18-13(10)15/h3-9H,15H2,1-2H3. The van der Waals surface area contributed by atoms with Gasteiger partial charge in [-0.3, -0.25) is 0 Å². The predicted molar refractivity (Wildman–Crippen MR) is 77.8 cm³/mol. The molecule has 0 spiro atoms. The molecule has 2 aromatic heterocycles. The van der Waals surface area contributed by atoms with Gasteiger partial charge in [0.2, 0.25) is 0 Å². The molecule has 4 heteroatoms. The number of rotatable bonds is 2. The Morgan fingerprint density at radius 3 is 2.67 bits per heavy atom. The lowest BCUT2D eigenvalue weighted by Crippen LogP contribution is -2.03. The minimum absolute atomic E-state index is 0.353. The quantitative estimate of drug-likeness (QED) is 0.756. The molecule has 2 N–H and O–H groups in total. The minimum Gasteiger partial charge on any atom is -0.390 e. The second-order valence-corrected chi connectivity index (χ2v) is 5.53. The molecule has 92 valence electrons. The molecule has 0 amide bonds. The van der Waals surface area contributed by atoms with Crippen molar-refractivity contribution in [1.82, 2.24) is 9.55 Å². The van der Waals surface area contributed by atoms with Gasteiger partial charge in [0, 0.05) is 6.04 Å². The predicted octanol–water partition coefficient (Wildman–Crippen LogP) is 3.93. The highest BCUT2D eigenvalue weighted by molar-refractivity contribution is 7.14. The molecule has 18 heavy (non-hydrogen) atoms. The number of thiophene rings is 1. The molecule has 3 aromatic rings.